The lowest BCUT2D eigenvalue weighted by Gasteiger charge is -2.40. The minimum atomic E-state index is -1.72. The van der Waals surface area contributed by atoms with E-state index in [2.05, 4.69) is 0 Å². The number of benzene rings is 2. The van der Waals surface area contributed by atoms with Gasteiger partial charge in [-0.2, -0.15) is 0 Å². The summed E-state index contributed by atoms with van der Waals surface area (Å²) in [4.78, 5) is 12.6. The number of rotatable bonds is 13. The molecule has 6 N–H and O–H groups in total. The number of methoxy groups -OCH3 is 5. The van der Waals surface area contributed by atoms with Crippen LogP contribution in [0.3, 0.4) is 0 Å². The van der Waals surface area contributed by atoms with E-state index in [0.717, 1.165) is 0 Å². The molecular formula is C29H38O17. The molecule has 2 aromatic rings. The monoisotopic (exact) mass is 658 g/mol. The molecule has 2 aliphatic rings. The molecule has 0 amide bonds. The van der Waals surface area contributed by atoms with Crippen molar-refractivity contribution in [2.45, 2.75) is 55.3 Å². The molecule has 17 nitrogen and oxygen atoms in total. The maximum absolute atomic E-state index is 12.6. The predicted molar refractivity (Wildman–Crippen MR) is 152 cm³/mol. The van der Waals surface area contributed by atoms with Crippen LogP contribution >= 0.6 is 0 Å². The van der Waals surface area contributed by atoms with Gasteiger partial charge < -0.3 is 78.0 Å². The minimum Gasteiger partial charge on any atom is -0.502 e. The number of esters is 1. The zero-order chi connectivity index (χ0) is 33.7. The average Bonchev–Trinajstić information content (AvgIpc) is 3.34. The summed E-state index contributed by atoms with van der Waals surface area (Å²) in [6.45, 7) is -0.991. The van der Waals surface area contributed by atoms with Crippen molar-refractivity contribution < 1.29 is 82.8 Å². The summed E-state index contributed by atoms with van der Waals surface area (Å²) in [5, 5.41) is 62.6. The Kier molecular flexibility index (Phi) is 11.6. The molecule has 2 aliphatic heterocycles. The van der Waals surface area contributed by atoms with Gasteiger partial charge in [0, 0.05) is 12.1 Å². The van der Waals surface area contributed by atoms with Crippen LogP contribution in [0.5, 0.6) is 40.2 Å². The largest absolute Gasteiger partial charge is 0.502 e. The quantitative estimate of drug-likeness (QED) is 0.141. The van der Waals surface area contributed by atoms with Crippen molar-refractivity contribution in [3.63, 3.8) is 0 Å². The van der Waals surface area contributed by atoms with Gasteiger partial charge in [0.25, 0.3) is 0 Å². The van der Waals surface area contributed by atoms with Crippen LogP contribution in [-0.2, 0) is 18.9 Å². The van der Waals surface area contributed by atoms with E-state index in [-0.39, 0.29) is 45.8 Å². The van der Waals surface area contributed by atoms with E-state index in [4.69, 9.17) is 47.4 Å². The third-order valence-electron chi connectivity index (χ3n) is 7.40. The van der Waals surface area contributed by atoms with Crippen LogP contribution in [0.25, 0.3) is 0 Å². The minimum absolute atomic E-state index is 0.0279. The van der Waals surface area contributed by atoms with Crippen LogP contribution in [0.15, 0.2) is 24.3 Å². The molecule has 9 atom stereocenters. The van der Waals surface area contributed by atoms with E-state index < -0.39 is 74.5 Å². The Balaban J connectivity index is 1.37. The van der Waals surface area contributed by atoms with E-state index >= 15 is 0 Å². The van der Waals surface area contributed by atoms with Gasteiger partial charge in [0.05, 0.1) is 47.7 Å². The molecule has 0 aromatic heterocycles. The lowest BCUT2D eigenvalue weighted by Crippen LogP contribution is -2.60. The third-order valence-corrected chi connectivity index (χ3v) is 7.40. The van der Waals surface area contributed by atoms with Crippen molar-refractivity contribution in [2.24, 2.45) is 0 Å². The van der Waals surface area contributed by atoms with Gasteiger partial charge in [-0.3, -0.25) is 0 Å². The Morgan fingerprint density at radius 3 is 1.70 bits per heavy atom. The smallest absolute Gasteiger partial charge is 0.338 e. The zero-order valence-electron chi connectivity index (χ0n) is 25.6. The highest BCUT2D eigenvalue weighted by Crippen LogP contribution is 2.42. The molecule has 0 saturated carbocycles. The molecule has 9 unspecified atom stereocenters. The van der Waals surface area contributed by atoms with Gasteiger partial charge in [-0.05, 0) is 12.1 Å². The Hall–Kier alpha value is -3.81. The van der Waals surface area contributed by atoms with Gasteiger partial charge >= 0.3 is 5.97 Å². The first kappa shape index (κ1) is 35.1. The second-order valence-electron chi connectivity index (χ2n) is 10.2. The SMILES string of the molecule is COc1cc(C(=O)OCC2OC(OCC3OC(Oc4cc(OC)c(OC)c(OC)c4)C(O)C(O)C3O)C(O)C2O)cc(OC)c1O. The van der Waals surface area contributed by atoms with Gasteiger partial charge in [0.2, 0.25) is 17.8 Å². The van der Waals surface area contributed by atoms with E-state index in [9.17, 15) is 35.4 Å². The normalized spacial score (nSPS) is 29.1. The molecule has 2 aromatic carbocycles. The molecule has 2 fully saturated rings. The Morgan fingerprint density at radius 2 is 1.15 bits per heavy atom. The molecule has 46 heavy (non-hydrogen) atoms. The van der Waals surface area contributed by atoms with Gasteiger partial charge in [0.15, 0.2) is 29.3 Å². The lowest BCUT2D eigenvalue weighted by atomic mass is 9.99. The number of phenols is 1. The van der Waals surface area contributed by atoms with Gasteiger partial charge in [0.1, 0.15) is 55.1 Å². The van der Waals surface area contributed by atoms with E-state index in [1.807, 2.05) is 0 Å². The summed E-state index contributed by atoms with van der Waals surface area (Å²) in [7, 11) is 6.79. The standard InChI is InChI=1S/C29H38O17/c1-37-14-6-12(7-15(38-2)20(14)30)27(36)42-10-18-22(32)24(34)28(45-18)43-11-19-21(31)23(33)25(35)29(46-19)44-13-8-16(39-3)26(41-5)17(9-13)40-4/h6-9,18-19,21-25,28-35H,10-11H2,1-5H3. The number of aliphatic hydroxyl groups is 5. The number of aliphatic hydroxyl groups excluding tert-OH is 5. The highest BCUT2D eigenvalue weighted by atomic mass is 16.7. The van der Waals surface area contributed by atoms with Crippen LogP contribution in [0.4, 0.5) is 0 Å². The molecule has 0 bridgehead atoms. The number of hydrogen-bond donors (Lipinski definition) is 6. The number of carbonyl (C=O) groups is 1. The second-order valence-corrected chi connectivity index (χ2v) is 10.2. The maximum atomic E-state index is 12.6. The van der Waals surface area contributed by atoms with Crippen molar-refractivity contribution in [1.82, 2.24) is 0 Å². The first-order valence-corrected chi connectivity index (χ1v) is 13.9. The van der Waals surface area contributed by atoms with E-state index in [1.165, 1.54) is 59.8 Å². The third kappa shape index (κ3) is 7.26. The fourth-order valence-electron chi connectivity index (χ4n) is 4.84. The Morgan fingerprint density at radius 1 is 0.652 bits per heavy atom. The molecule has 2 saturated heterocycles. The van der Waals surface area contributed by atoms with Crippen LogP contribution in [-0.4, -0.2) is 141 Å². The topological polar surface area (TPSA) is 231 Å². The van der Waals surface area contributed by atoms with Crippen molar-refractivity contribution in [3.8, 4) is 40.2 Å². The number of phenolic OH excluding ortho intramolecular Hbond substituents is 1. The molecule has 2 heterocycles. The van der Waals surface area contributed by atoms with Gasteiger partial charge in [-0.1, -0.05) is 0 Å². The molecule has 0 spiro atoms. The van der Waals surface area contributed by atoms with Crippen LogP contribution < -0.4 is 28.4 Å². The van der Waals surface area contributed by atoms with Gasteiger partial charge in [-0.15, -0.1) is 0 Å². The fraction of sp³-hybridized carbons (Fsp3) is 0.552. The highest BCUT2D eigenvalue weighted by molar-refractivity contribution is 5.91. The number of ether oxygens (including phenoxy) is 10. The molecule has 4 rings (SSSR count). The number of aromatic hydroxyl groups is 1. The summed E-state index contributed by atoms with van der Waals surface area (Å²) in [6.07, 6.45) is -13.7. The average molecular weight is 659 g/mol. The Labute approximate surface area is 263 Å². The van der Waals surface area contributed by atoms with Crippen molar-refractivity contribution in [2.75, 3.05) is 48.8 Å². The lowest BCUT2D eigenvalue weighted by molar-refractivity contribution is -0.290. The molecular weight excluding hydrogens is 620 g/mol. The maximum Gasteiger partial charge on any atom is 0.338 e. The molecule has 0 aliphatic carbocycles. The summed E-state index contributed by atoms with van der Waals surface area (Å²) < 4.78 is 53.7. The van der Waals surface area contributed by atoms with Gasteiger partial charge in [-0.25, -0.2) is 4.79 Å². The number of carbonyl (C=O) groups excluding carboxylic acids is 1. The van der Waals surface area contributed by atoms with Crippen LogP contribution in [0, 0.1) is 0 Å². The molecule has 17 heteroatoms. The first-order chi connectivity index (χ1) is 22.0. The first-order valence-electron chi connectivity index (χ1n) is 13.9. The van der Waals surface area contributed by atoms with Crippen LogP contribution in [0.1, 0.15) is 10.4 Å². The summed E-state index contributed by atoms with van der Waals surface area (Å²) in [6, 6.07) is 5.33. The predicted octanol–water partition coefficient (Wildman–Crippen LogP) is -1.06. The van der Waals surface area contributed by atoms with Crippen molar-refractivity contribution >= 4 is 5.97 Å². The van der Waals surface area contributed by atoms with Crippen molar-refractivity contribution in [1.29, 1.82) is 0 Å². The number of hydrogen-bond acceptors (Lipinski definition) is 17. The van der Waals surface area contributed by atoms with E-state index in [0.29, 0.717) is 0 Å². The highest BCUT2D eigenvalue weighted by Gasteiger charge is 2.48. The molecule has 0 radical (unpaired) electrons. The summed E-state index contributed by atoms with van der Waals surface area (Å²) >= 11 is 0. The van der Waals surface area contributed by atoms with Crippen LogP contribution in [0.2, 0.25) is 0 Å². The van der Waals surface area contributed by atoms with Crippen molar-refractivity contribution in [3.05, 3.63) is 29.8 Å². The van der Waals surface area contributed by atoms with E-state index in [1.54, 1.807) is 0 Å². The summed E-state index contributed by atoms with van der Waals surface area (Å²) in [5.41, 5.74) is -0.0279. The second kappa shape index (κ2) is 15.2. The Bertz CT molecular complexity index is 1290. The molecule has 256 valence electrons. The zero-order valence-corrected chi connectivity index (χ0v) is 25.6. The fourth-order valence-corrected chi connectivity index (χ4v) is 4.84. The summed E-state index contributed by atoms with van der Waals surface area (Å²) in [5.74, 6) is -0.353.